The molecule has 0 aliphatic carbocycles. The summed E-state index contributed by atoms with van der Waals surface area (Å²) in [6, 6.07) is 6.60. The van der Waals surface area contributed by atoms with Crippen LogP contribution in [0.4, 0.5) is 0 Å². The molecule has 0 radical (unpaired) electrons. The topological polar surface area (TPSA) is 116 Å². The standard InChI is InChI=1S/C26H32N4O5/c1-17-14-30(18(2)16-31)26(34)22-11-20(9-8-19(3)32)13-28-25(22)35-23(17)15-29(4)24(33)12-21-7-5-6-10-27-21/h5-7,10-11,13,17-19,23,31-32H,12,14-16H2,1-4H3/t17-,18-,19+,23+/m1/s1. The number of carbonyl (C=O) groups is 2. The van der Waals surface area contributed by atoms with Crippen molar-refractivity contribution in [3.63, 3.8) is 0 Å². The maximum Gasteiger partial charge on any atom is 0.259 e. The van der Waals surface area contributed by atoms with E-state index in [1.807, 2.05) is 13.0 Å². The average molecular weight is 481 g/mol. The summed E-state index contributed by atoms with van der Waals surface area (Å²) in [5, 5.41) is 19.2. The zero-order valence-corrected chi connectivity index (χ0v) is 20.5. The first-order chi connectivity index (χ1) is 16.7. The molecule has 0 saturated carbocycles. The Kier molecular flexibility index (Phi) is 8.79. The molecule has 1 aliphatic heterocycles. The van der Waals surface area contributed by atoms with Gasteiger partial charge in [0.15, 0.2) is 0 Å². The van der Waals surface area contributed by atoms with E-state index in [0.717, 1.165) is 0 Å². The van der Waals surface area contributed by atoms with Gasteiger partial charge in [0, 0.05) is 43.2 Å². The normalized spacial score (nSPS) is 19.3. The van der Waals surface area contributed by atoms with Crippen molar-refractivity contribution >= 4 is 11.8 Å². The zero-order chi connectivity index (χ0) is 25.5. The minimum absolute atomic E-state index is 0.102. The number of pyridine rings is 2. The highest BCUT2D eigenvalue weighted by Crippen LogP contribution is 2.27. The Morgan fingerprint density at radius 3 is 2.77 bits per heavy atom. The smallest absolute Gasteiger partial charge is 0.259 e. The van der Waals surface area contributed by atoms with Crippen LogP contribution >= 0.6 is 0 Å². The lowest BCUT2D eigenvalue weighted by molar-refractivity contribution is -0.130. The van der Waals surface area contributed by atoms with Crippen LogP contribution in [-0.2, 0) is 11.2 Å². The van der Waals surface area contributed by atoms with Gasteiger partial charge in [0.25, 0.3) is 5.91 Å². The van der Waals surface area contributed by atoms with Gasteiger partial charge >= 0.3 is 0 Å². The number of carbonyl (C=O) groups excluding carboxylic acids is 2. The molecule has 0 unspecified atom stereocenters. The molecule has 3 rings (SSSR count). The van der Waals surface area contributed by atoms with Crippen molar-refractivity contribution in [1.29, 1.82) is 0 Å². The highest BCUT2D eigenvalue weighted by Gasteiger charge is 2.34. The highest BCUT2D eigenvalue weighted by molar-refractivity contribution is 5.97. The molecule has 1 aliphatic rings. The number of ether oxygens (including phenoxy) is 1. The van der Waals surface area contributed by atoms with Crippen LogP contribution < -0.4 is 4.74 Å². The van der Waals surface area contributed by atoms with E-state index in [2.05, 4.69) is 21.8 Å². The van der Waals surface area contributed by atoms with Gasteiger partial charge < -0.3 is 24.7 Å². The first-order valence-electron chi connectivity index (χ1n) is 11.6. The van der Waals surface area contributed by atoms with Crippen molar-refractivity contribution in [2.75, 3.05) is 26.7 Å². The van der Waals surface area contributed by atoms with E-state index in [1.54, 1.807) is 55.1 Å². The molecule has 9 heteroatoms. The van der Waals surface area contributed by atoms with E-state index in [9.17, 15) is 19.8 Å². The fourth-order valence-electron chi connectivity index (χ4n) is 3.74. The van der Waals surface area contributed by atoms with Gasteiger partial charge in [-0.1, -0.05) is 24.8 Å². The van der Waals surface area contributed by atoms with Crippen LogP contribution in [-0.4, -0.2) is 86.8 Å². The second-order valence-corrected chi connectivity index (χ2v) is 8.92. The van der Waals surface area contributed by atoms with Gasteiger partial charge in [-0.05, 0) is 32.0 Å². The lowest BCUT2D eigenvalue weighted by Gasteiger charge is -2.37. The van der Waals surface area contributed by atoms with Crippen molar-refractivity contribution < 1.29 is 24.5 Å². The Hall–Kier alpha value is -3.48. The van der Waals surface area contributed by atoms with Crippen LogP contribution in [0.1, 0.15) is 42.4 Å². The SMILES string of the molecule is C[C@H](O)C#Cc1cnc2c(c1)C(=O)N([C@H](C)CO)C[C@@H](C)[C@H](CN(C)C(=O)Cc1ccccn1)O2. The molecule has 186 valence electrons. The summed E-state index contributed by atoms with van der Waals surface area (Å²) in [5.74, 6) is 5.02. The van der Waals surface area contributed by atoms with Gasteiger partial charge in [-0.25, -0.2) is 4.98 Å². The number of nitrogens with zero attached hydrogens (tertiary/aromatic N) is 4. The average Bonchev–Trinajstić information content (AvgIpc) is 2.84. The first-order valence-corrected chi connectivity index (χ1v) is 11.6. The quantitative estimate of drug-likeness (QED) is 0.596. The minimum Gasteiger partial charge on any atom is -0.472 e. The van der Waals surface area contributed by atoms with E-state index < -0.39 is 18.2 Å². The second-order valence-electron chi connectivity index (χ2n) is 8.92. The van der Waals surface area contributed by atoms with Gasteiger partial charge in [-0.3, -0.25) is 14.6 Å². The van der Waals surface area contributed by atoms with Crippen LogP contribution in [0.5, 0.6) is 5.88 Å². The number of aliphatic hydroxyl groups is 2. The molecule has 0 aromatic carbocycles. The van der Waals surface area contributed by atoms with E-state index >= 15 is 0 Å². The molecule has 0 fully saturated rings. The van der Waals surface area contributed by atoms with Gasteiger partial charge in [0.1, 0.15) is 17.8 Å². The first kappa shape index (κ1) is 26.1. The molecule has 2 amide bonds. The van der Waals surface area contributed by atoms with Crippen LogP contribution in [0, 0.1) is 17.8 Å². The lowest BCUT2D eigenvalue weighted by atomic mass is 9.99. The van der Waals surface area contributed by atoms with E-state index in [-0.39, 0.29) is 48.7 Å². The van der Waals surface area contributed by atoms with E-state index in [0.29, 0.717) is 17.8 Å². The molecule has 0 bridgehead atoms. The van der Waals surface area contributed by atoms with Gasteiger partial charge in [0.2, 0.25) is 11.8 Å². The van der Waals surface area contributed by atoms with E-state index in [1.165, 1.54) is 6.20 Å². The third kappa shape index (κ3) is 6.78. The summed E-state index contributed by atoms with van der Waals surface area (Å²) in [6.45, 7) is 5.68. The van der Waals surface area contributed by atoms with Crippen LogP contribution in [0.15, 0.2) is 36.7 Å². The molecule has 2 aromatic heterocycles. The predicted octanol–water partition coefficient (Wildman–Crippen LogP) is 1.13. The summed E-state index contributed by atoms with van der Waals surface area (Å²) < 4.78 is 6.20. The second kappa shape index (κ2) is 11.8. The highest BCUT2D eigenvalue weighted by atomic mass is 16.5. The van der Waals surface area contributed by atoms with Crippen molar-refractivity contribution in [2.24, 2.45) is 5.92 Å². The number of amides is 2. The largest absolute Gasteiger partial charge is 0.472 e. The Balaban J connectivity index is 1.89. The Labute approximate surface area is 205 Å². The molecule has 4 atom stereocenters. The van der Waals surface area contributed by atoms with Crippen molar-refractivity contribution in [1.82, 2.24) is 19.8 Å². The number of fused-ring (bicyclic) bond motifs is 1. The van der Waals surface area contributed by atoms with Gasteiger partial charge in [-0.15, -0.1) is 0 Å². The van der Waals surface area contributed by atoms with Gasteiger partial charge in [-0.2, -0.15) is 0 Å². The zero-order valence-electron chi connectivity index (χ0n) is 20.5. The third-order valence-electron chi connectivity index (χ3n) is 5.88. The molecule has 2 aromatic rings. The Morgan fingerprint density at radius 2 is 2.11 bits per heavy atom. The van der Waals surface area contributed by atoms with Crippen LogP contribution in [0.3, 0.4) is 0 Å². The Morgan fingerprint density at radius 1 is 1.34 bits per heavy atom. The Bertz CT molecular complexity index is 1100. The third-order valence-corrected chi connectivity index (χ3v) is 5.88. The molecule has 0 saturated heterocycles. The molecular formula is C26H32N4O5. The van der Waals surface area contributed by atoms with E-state index in [4.69, 9.17) is 4.74 Å². The van der Waals surface area contributed by atoms with Crippen molar-refractivity contribution in [2.45, 2.75) is 45.4 Å². The maximum absolute atomic E-state index is 13.4. The monoisotopic (exact) mass is 480 g/mol. The predicted molar refractivity (Wildman–Crippen MR) is 130 cm³/mol. The summed E-state index contributed by atoms with van der Waals surface area (Å²) in [7, 11) is 1.71. The molecule has 2 N–H and O–H groups in total. The number of rotatable bonds is 6. The fourth-order valence-corrected chi connectivity index (χ4v) is 3.74. The molecule has 9 nitrogen and oxygen atoms in total. The number of hydrogen-bond donors (Lipinski definition) is 2. The van der Waals surface area contributed by atoms with Crippen molar-refractivity contribution in [3.8, 4) is 17.7 Å². The van der Waals surface area contributed by atoms with Gasteiger partial charge in [0.05, 0.1) is 25.6 Å². The lowest BCUT2D eigenvalue weighted by Crippen LogP contribution is -2.50. The molecular weight excluding hydrogens is 448 g/mol. The number of hydrogen-bond acceptors (Lipinski definition) is 7. The maximum atomic E-state index is 13.4. The number of likely N-dealkylation sites (N-methyl/N-ethyl adjacent to an activating group) is 1. The van der Waals surface area contributed by atoms with Crippen LogP contribution in [0.25, 0.3) is 0 Å². The summed E-state index contributed by atoms with van der Waals surface area (Å²) >= 11 is 0. The summed E-state index contributed by atoms with van der Waals surface area (Å²) in [4.78, 5) is 38.0. The van der Waals surface area contributed by atoms with Crippen LogP contribution in [0.2, 0.25) is 0 Å². The van der Waals surface area contributed by atoms with Crippen molar-refractivity contribution in [3.05, 3.63) is 53.5 Å². The molecule has 3 heterocycles. The minimum atomic E-state index is -0.820. The summed E-state index contributed by atoms with van der Waals surface area (Å²) in [6.07, 6.45) is 2.04. The molecule has 35 heavy (non-hydrogen) atoms. The number of aromatic nitrogens is 2. The summed E-state index contributed by atoms with van der Waals surface area (Å²) in [5.41, 5.74) is 1.37. The number of aliphatic hydroxyl groups excluding tert-OH is 2. The molecule has 0 spiro atoms. The fraction of sp³-hybridized carbons (Fsp3) is 0.462.